The second kappa shape index (κ2) is 7.12. The summed E-state index contributed by atoms with van der Waals surface area (Å²) < 4.78 is 1.14. The third kappa shape index (κ3) is 3.63. The summed E-state index contributed by atoms with van der Waals surface area (Å²) in [5.74, 6) is 0. The molecule has 0 spiro atoms. The zero-order valence-electron chi connectivity index (χ0n) is 14.8. The number of aryl methyl sites for hydroxylation is 2. The number of hydrogen-bond donors (Lipinski definition) is 1. The van der Waals surface area contributed by atoms with E-state index in [1.165, 1.54) is 17.7 Å². The first-order valence-corrected chi connectivity index (χ1v) is 8.83. The number of nitrogens with zero attached hydrogens (tertiary/aromatic N) is 3. The topological polar surface area (TPSA) is 111 Å². The maximum absolute atomic E-state index is 11.2. The van der Waals surface area contributed by atoms with Gasteiger partial charge in [-0.15, -0.1) is 11.3 Å². The predicted octanol–water partition coefficient (Wildman–Crippen LogP) is 5.17. The van der Waals surface area contributed by atoms with Gasteiger partial charge in [0.25, 0.3) is 5.69 Å². The number of non-ortho nitro benzene ring substituents is 1. The fourth-order valence-electron chi connectivity index (χ4n) is 2.75. The van der Waals surface area contributed by atoms with Crippen LogP contribution in [-0.4, -0.2) is 15.6 Å². The standard InChI is InChI=1S/C18H16N4O4S/c1-10-4-7-17-14(8-10)11(2)18(27-17)12(3)19-20-15-6-5-13(21(23)24)9-16(15)22(25)26/h4-9,20H,1-3H3/b19-12+. The van der Waals surface area contributed by atoms with Crippen LogP contribution in [-0.2, 0) is 0 Å². The smallest absolute Gasteiger partial charge is 0.271 e. The van der Waals surface area contributed by atoms with Gasteiger partial charge in [0.15, 0.2) is 0 Å². The van der Waals surface area contributed by atoms with Crippen LogP contribution < -0.4 is 5.43 Å². The van der Waals surface area contributed by atoms with Gasteiger partial charge in [0, 0.05) is 10.8 Å². The lowest BCUT2D eigenvalue weighted by Gasteiger charge is -2.04. The molecule has 0 atom stereocenters. The third-order valence-corrected chi connectivity index (χ3v) is 5.53. The minimum absolute atomic E-state index is 0.0968. The molecule has 0 bridgehead atoms. The molecule has 0 amide bonds. The van der Waals surface area contributed by atoms with Gasteiger partial charge in [-0.05, 0) is 43.9 Å². The first-order valence-electron chi connectivity index (χ1n) is 8.01. The number of nitro benzene ring substituents is 2. The Morgan fingerprint density at radius 2 is 1.81 bits per heavy atom. The van der Waals surface area contributed by atoms with Crippen molar-refractivity contribution in [1.82, 2.24) is 0 Å². The van der Waals surface area contributed by atoms with Crippen molar-refractivity contribution in [2.45, 2.75) is 20.8 Å². The van der Waals surface area contributed by atoms with E-state index >= 15 is 0 Å². The van der Waals surface area contributed by atoms with Crippen molar-refractivity contribution >= 4 is 44.2 Å². The van der Waals surface area contributed by atoms with Gasteiger partial charge < -0.3 is 0 Å². The summed E-state index contributed by atoms with van der Waals surface area (Å²) >= 11 is 1.60. The Kier molecular flexibility index (Phi) is 4.87. The van der Waals surface area contributed by atoms with Crippen molar-refractivity contribution in [3.63, 3.8) is 0 Å². The molecule has 1 heterocycles. The lowest BCUT2D eigenvalue weighted by atomic mass is 10.1. The van der Waals surface area contributed by atoms with E-state index in [-0.39, 0.29) is 11.4 Å². The molecule has 3 rings (SSSR count). The molecule has 0 radical (unpaired) electrons. The highest BCUT2D eigenvalue weighted by atomic mass is 32.1. The molecule has 9 heteroatoms. The van der Waals surface area contributed by atoms with Gasteiger partial charge in [-0.25, -0.2) is 0 Å². The van der Waals surface area contributed by atoms with Gasteiger partial charge in [0.05, 0.1) is 26.5 Å². The minimum Gasteiger partial charge on any atom is -0.271 e. The summed E-state index contributed by atoms with van der Waals surface area (Å²) in [7, 11) is 0. The van der Waals surface area contributed by atoms with Gasteiger partial charge >= 0.3 is 5.69 Å². The number of benzene rings is 2. The highest BCUT2D eigenvalue weighted by Crippen LogP contribution is 2.33. The van der Waals surface area contributed by atoms with Gasteiger partial charge in [-0.2, -0.15) is 5.10 Å². The van der Waals surface area contributed by atoms with E-state index in [1.807, 2.05) is 26.8 Å². The van der Waals surface area contributed by atoms with Crippen molar-refractivity contribution in [2.24, 2.45) is 5.10 Å². The molecule has 27 heavy (non-hydrogen) atoms. The number of anilines is 1. The van der Waals surface area contributed by atoms with Crippen molar-refractivity contribution in [3.05, 3.63) is 72.6 Å². The predicted molar refractivity (Wildman–Crippen MR) is 107 cm³/mol. The Morgan fingerprint density at radius 3 is 2.48 bits per heavy atom. The number of hydrazone groups is 1. The van der Waals surface area contributed by atoms with Crippen LogP contribution >= 0.6 is 11.3 Å². The van der Waals surface area contributed by atoms with E-state index in [0.717, 1.165) is 26.6 Å². The molecule has 0 aliphatic heterocycles. The van der Waals surface area contributed by atoms with Crippen molar-refractivity contribution in [1.29, 1.82) is 0 Å². The average molecular weight is 384 g/mol. The van der Waals surface area contributed by atoms with Crippen LogP contribution in [0.15, 0.2) is 41.5 Å². The third-order valence-electron chi connectivity index (χ3n) is 4.15. The van der Waals surface area contributed by atoms with E-state index in [1.54, 1.807) is 11.3 Å². The Labute approximate surface area is 158 Å². The Morgan fingerprint density at radius 1 is 1.07 bits per heavy atom. The monoisotopic (exact) mass is 384 g/mol. The average Bonchev–Trinajstić information content (AvgIpc) is 2.95. The van der Waals surface area contributed by atoms with Gasteiger partial charge in [0.2, 0.25) is 0 Å². The first kappa shape index (κ1) is 18.5. The Hall–Kier alpha value is -3.33. The number of rotatable bonds is 5. The zero-order chi connectivity index (χ0) is 19.7. The number of fused-ring (bicyclic) bond motifs is 1. The lowest BCUT2D eigenvalue weighted by Crippen LogP contribution is -2.02. The van der Waals surface area contributed by atoms with Crippen LogP contribution in [0.5, 0.6) is 0 Å². The Bertz CT molecular complexity index is 1100. The minimum atomic E-state index is -0.673. The number of nitrogens with one attached hydrogen (secondary N) is 1. The fourth-order valence-corrected chi connectivity index (χ4v) is 3.89. The summed E-state index contributed by atoms with van der Waals surface area (Å²) in [5.41, 5.74) is 4.97. The maximum Gasteiger partial charge on any atom is 0.301 e. The highest BCUT2D eigenvalue weighted by molar-refractivity contribution is 7.21. The molecule has 3 aromatic rings. The zero-order valence-corrected chi connectivity index (χ0v) is 15.7. The van der Waals surface area contributed by atoms with Crippen molar-refractivity contribution in [2.75, 3.05) is 5.43 Å². The molecule has 0 saturated carbocycles. The molecule has 0 saturated heterocycles. The van der Waals surface area contributed by atoms with Gasteiger partial charge in [0.1, 0.15) is 5.69 Å². The Balaban J connectivity index is 1.95. The van der Waals surface area contributed by atoms with E-state index < -0.39 is 15.5 Å². The van der Waals surface area contributed by atoms with E-state index in [0.29, 0.717) is 5.71 Å². The maximum atomic E-state index is 11.2. The van der Waals surface area contributed by atoms with E-state index in [2.05, 4.69) is 22.7 Å². The van der Waals surface area contributed by atoms with E-state index in [4.69, 9.17) is 0 Å². The van der Waals surface area contributed by atoms with Crippen LogP contribution in [0.25, 0.3) is 10.1 Å². The van der Waals surface area contributed by atoms with Gasteiger partial charge in [-0.1, -0.05) is 17.7 Å². The summed E-state index contributed by atoms with van der Waals surface area (Å²) in [6, 6.07) is 9.63. The summed E-state index contributed by atoms with van der Waals surface area (Å²) in [6.07, 6.45) is 0. The molecule has 0 aliphatic rings. The summed E-state index contributed by atoms with van der Waals surface area (Å²) in [5, 5.41) is 27.5. The van der Waals surface area contributed by atoms with E-state index in [9.17, 15) is 20.2 Å². The van der Waals surface area contributed by atoms with Crippen LogP contribution in [0.4, 0.5) is 17.1 Å². The quantitative estimate of drug-likeness (QED) is 0.370. The van der Waals surface area contributed by atoms with Crippen LogP contribution in [0.1, 0.15) is 22.9 Å². The molecule has 8 nitrogen and oxygen atoms in total. The molecule has 1 N–H and O–H groups in total. The molecule has 0 fully saturated rings. The second-order valence-electron chi connectivity index (χ2n) is 6.08. The van der Waals surface area contributed by atoms with Crippen LogP contribution in [0, 0.1) is 34.1 Å². The molecule has 1 aromatic heterocycles. The lowest BCUT2D eigenvalue weighted by molar-refractivity contribution is -0.393. The van der Waals surface area contributed by atoms with Gasteiger partial charge in [-0.3, -0.25) is 25.7 Å². The molecule has 0 aliphatic carbocycles. The van der Waals surface area contributed by atoms with Crippen LogP contribution in [0.2, 0.25) is 0 Å². The number of hydrogen-bond acceptors (Lipinski definition) is 7. The summed E-state index contributed by atoms with van der Waals surface area (Å²) in [6.45, 7) is 5.86. The highest BCUT2D eigenvalue weighted by Gasteiger charge is 2.19. The van der Waals surface area contributed by atoms with Crippen molar-refractivity contribution in [3.8, 4) is 0 Å². The SMILES string of the molecule is C/C(=N\Nc1ccc([N+](=O)[O-])cc1[N+](=O)[O-])c1sc2ccc(C)cc2c1C. The fraction of sp³-hybridized carbons (Fsp3) is 0.167. The number of nitro groups is 2. The number of thiophene rings is 1. The molecular formula is C18H16N4O4S. The molecule has 0 unspecified atom stereocenters. The second-order valence-corrected chi connectivity index (χ2v) is 7.13. The molecule has 2 aromatic carbocycles. The van der Waals surface area contributed by atoms with Crippen LogP contribution in [0.3, 0.4) is 0 Å². The largest absolute Gasteiger partial charge is 0.301 e. The molecule has 138 valence electrons. The molecular weight excluding hydrogens is 368 g/mol. The first-order chi connectivity index (χ1) is 12.8. The van der Waals surface area contributed by atoms with Crippen molar-refractivity contribution < 1.29 is 9.85 Å². The normalized spacial score (nSPS) is 11.6. The summed E-state index contributed by atoms with van der Waals surface area (Å²) in [4.78, 5) is 21.7.